The van der Waals surface area contributed by atoms with Gasteiger partial charge in [0.1, 0.15) is 3.57 Å². The largest absolute Gasteiger partial charge is 0.369 e. The van der Waals surface area contributed by atoms with Gasteiger partial charge in [-0.2, -0.15) is 0 Å². The molecule has 3 N–H and O–H groups in total. The fraction of sp³-hybridized carbons (Fsp3) is 0.429. The molecular formula is C7H8IN3O. The fourth-order valence-electron chi connectivity index (χ4n) is 1.12. The van der Waals surface area contributed by atoms with Crippen LogP contribution in [0.4, 0.5) is 5.95 Å². The third-order valence-corrected chi connectivity index (χ3v) is 2.91. The fourth-order valence-corrected chi connectivity index (χ4v) is 1.82. The van der Waals surface area contributed by atoms with Crippen molar-refractivity contribution in [1.29, 1.82) is 0 Å². The van der Waals surface area contributed by atoms with Crippen molar-refractivity contribution in [2.75, 3.05) is 5.73 Å². The van der Waals surface area contributed by atoms with E-state index in [-0.39, 0.29) is 11.5 Å². The number of nitrogen functional groups attached to an aromatic ring is 1. The normalized spacial score (nSPS) is 16.4. The van der Waals surface area contributed by atoms with Crippen LogP contribution in [-0.2, 0) is 0 Å². The van der Waals surface area contributed by atoms with Crippen molar-refractivity contribution in [3.05, 3.63) is 19.6 Å². The summed E-state index contributed by atoms with van der Waals surface area (Å²) in [6.07, 6.45) is 2.26. The van der Waals surface area contributed by atoms with Crippen LogP contribution in [0.3, 0.4) is 0 Å². The predicted molar refractivity (Wildman–Crippen MR) is 54.0 cm³/mol. The molecule has 0 saturated heterocycles. The number of aromatic nitrogens is 2. The van der Waals surface area contributed by atoms with Crippen molar-refractivity contribution in [2.24, 2.45) is 0 Å². The van der Waals surface area contributed by atoms with E-state index in [0.717, 1.165) is 18.5 Å². The summed E-state index contributed by atoms with van der Waals surface area (Å²) in [6.45, 7) is 0. The second kappa shape index (κ2) is 2.72. The molecule has 0 amide bonds. The number of nitrogens with one attached hydrogen (secondary N) is 1. The molecule has 0 aromatic carbocycles. The van der Waals surface area contributed by atoms with E-state index in [4.69, 9.17) is 5.73 Å². The molecule has 12 heavy (non-hydrogen) atoms. The number of nitrogens with zero attached hydrogens (tertiary/aromatic N) is 1. The average Bonchev–Trinajstić information content (AvgIpc) is 2.79. The molecule has 0 radical (unpaired) electrons. The van der Waals surface area contributed by atoms with Crippen molar-refractivity contribution >= 4 is 28.5 Å². The lowest BCUT2D eigenvalue weighted by atomic mass is 10.3. The van der Waals surface area contributed by atoms with Gasteiger partial charge in [0.15, 0.2) is 0 Å². The molecule has 1 aromatic heterocycles. The highest BCUT2D eigenvalue weighted by molar-refractivity contribution is 14.1. The first kappa shape index (κ1) is 8.03. The van der Waals surface area contributed by atoms with E-state index < -0.39 is 0 Å². The molecule has 0 spiro atoms. The molecule has 5 heteroatoms. The number of hydrogen-bond donors (Lipinski definition) is 2. The lowest BCUT2D eigenvalue weighted by molar-refractivity contribution is 0.962. The summed E-state index contributed by atoms with van der Waals surface area (Å²) in [6, 6.07) is 0. The molecular weight excluding hydrogens is 269 g/mol. The summed E-state index contributed by atoms with van der Waals surface area (Å²) in [5.74, 6) is 0.698. The van der Waals surface area contributed by atoms with Gasteiger partial charge in [-0.1, -0.05) is 0 Å². The summed E-state index contributed by atoms with van der Waals surface area (Å²) in [4.78, 5) is 17.8. The number of anilines is 1. The molecule has 2 rings (SSSR count). The number of hydrogen-bond acceptors (Lipinski definition) is 3. The van der Waals surface area contributed by atoms with Crippen molar-refractivity contribution in [3.63, 3.8) is 0 Å². The Bertz CT molecular complexity index is 369. The van der Waals surface area contributed by atoms with E-state index in [0.29, 0.717) is 9.49 Å². The Morgan fingerprint density at radius 3 is 2.83 bits per heavy atom. The van der Waals surface area contributed by atoms with E-state index in [1.807, 2.05) is 22.6 Å². The zero-order chi connectivity index (χ0) is 8.72. The number of halogens is 1. The highest BCUT2D eigenvalue weighted by Gasteiger charge is 2.28. The number of H-pyrrole nitrogens is 1. The topological polar surface area (TPSA) is 71.8 Å². The van der Waals surface area contributed by atoms with Crippen LogP contribution in [0, 0.1) is 3.57 Å². The first-order chi connectivity index (χ1) is 5.68. The average molecular weight is 277 g/mol. The van der Waals surface area contributed by atoms with Gasteiger partial charge in [-0.05, 0) is 35.4 Å². The van der Waals surface area contributed by atoms with E-state index in [1.54, 1.807) is 0 Å². The maximum Gasteiger partial charge on any atom is 0.266 e. The van der Waals surface area contributed by atoms with E-state index in [1.165, 1.54) is 0 Å². The Labute approximate surface area is 82.7 Å². The Hall–Kier alpha value is -0.590. The van der Waals surface area contributed by atoms with Crippen molar-refractivity contribution in [1.82, 2.24) is 9.97 Å². The van der Waals surface area contributed by atoms with Crippen LogP contribution in [0.2, 0.25) is 0 Å². The lowest BCUT2D eigenvalue weighted by Gasteiger charge is -2.00. The summed E-state index contributed by atoms with van der Waals surface area (Å²) in [7, 11) is 0. The highest BCUT2D eigenvalue weighted by atomic mass is 127. The number of rotatable bonds is 1. The molecule has 1 saturated carbocycles. The monoisotopic (exact) mass is 277 g/mol. The third kappa shape index (κ3) is 1.33. The van der Waals surface area contributed by atoms with Gasteiger partial charge in [0.25, 0.3) is 5.56 Å². The van der Waals surface area contributed by atoms with Gasteiger partial charge in [0.05, 0.1) is 5.69 Å². The minimum atomic E-state index is -0.120. The SMILES string of the molecule is Nc1nc(C2CC2)c(I)c(=O)[nH]1. The van der Waals surface area contributed by atoms with Crippen LogP contribution in [0.25, 0.3) is 0 Å². The smallest absolute Gasteiger partial charge is 0.266 e. The minimum Gasteiger partial charge on any atom is -0.369 e. The van der Waals surface area contributed by atoms with Gasteiger partial charge in [0.2, 0.25) is 5.95 Å². The Morgan fingerprint density at radius 2 is 2.25 bits per heavy atom. The zero-order valence-corrected chi connectivity index (χ0v) is 8.46. The zero-order valence-electron chi connectivity index (χ0n) is 6.30. The predicted octanol–water partition coefficient (Wildman–Crippen LogP) is 0.834. The summed E-state index contributed by atoms with van der Waals surface area (Å²) in [5, 5.41) is 0. The van der Waals surface area contributed by atoms with Gasteiger partial charge >= 0.3 is 0 Å². The van der Waals surface area contributed by atoms with E-state index in [9.17, 15) is 4.79 Å². The van der Waals surface area contributed by atoms with Gasteiger partial charge in [-0.15, -0.1) is 0 Å². The molecule has 64 valence electrons. The van der Waals surface area contributed by atoms with Gasteiger partial charge in [0, 0.05) is 5.92 Å². The number of aromatic amines is 1. The van der Waals surface area contributed by atoms with Crippen molar-refractivity contribution in [3.8, 4) is 0 Å². The molecule has 1 fully saturated rings. The molecule has 1 aromatic rings. The van der Waals surface area contributed by atoms with Crippen LogP contribution in [-0.4, -0.2) is 9.97 Å². The maximum absolute atomic E-state index is 11.2. The molecule has 1 heterocycles. The van der Waals surface area contributed by atoms with Gasteiger partial charge in [-0.3, -0.25) is 9.78 Å². The standard InChI is InChI=1S/C7H8IN3O/c8-4-5(3-1-2-3)10-7(9)11-6(4)12/h3H,1-2H2,(H3,9,10,11,12). The quantitative estimate of drug-likeness (QED) is 0.747. The second-order valence-electron chi connectivity index (χ2n) is 2.92. The molecule has 1 aliphatic carbocycles. The third-order valence-electron chi connectivity index (χ3n) is 1.87. The molecule has 1 aliphatic rings. The molecule has 0 unspecified atom stereocenters. The first-order valence-electron chi connectivity index (χ1n) is 3.73. The van der Waals surface area contributed by atoms with Crippen molar-refractivity contribution in [2.45, 2.75) is 18.8 Å². The van der Waals surface area contributed by atoms with Crippen LogP contribution in [0.5, 0.6) is 0 Å². The van der Waals surface area contributed by atoms with Crippen molar-refractivity contribution < 1.29 is 0 Å². The lowest BCUT2D eigenvalue weighted by Crippen LogP contribution is -2.16. The van der Waals surface area contributed by atoms with Gasteiger partial charge < -0.3 is 5.73 Å². The minimum absolute atomic E-state index is 0.120. The molecule has 0 aliphatic heterocycles. The van der Waals surface area contributed by atoms with Crippen LogP contribution in [0.1, 0.15) is 24.5 Å². The maximum atomic E-state index is 11.2. The van der Waals surface area contributed by atoms with E-state index >= 15 is 0 Å². The summed E-state index contributed by atoms with van der Waals surface area (Å²) in [5.41, 5.74) is 6.18. The second-order valence-corrected chi connectivity index (χ2v) is 4.00. The summed E-state index contributed by atoms with van der Waals surface area (Å²) >= 11 is 2.02. The first-order valence-corrected chi connectivity index (χ1v) is 4.81. The molecule has 4 nitrogen and oxygen atoms in total. The highest BCUT2D eigenvalue weighted by Crippen LogP contribution is 2.40. The Balaban J connectivity index is 2.58. The summed E-state index contributed by atoms with van der Waals surface area (Å²) < 4.78 is 0.685. The number of nitrogens with two attached hydrogens (primary N) is 1. The van der Waals surface area contributed by atoms with Crippen LogP contribution >= 0.6 is 22.6 Å². The molecule has 0 bridgehead atoms. The van der Waals surface area contributed by atoms with Gasteiger partial charge in [-0.25, -0.2) is 4.98 Å². The van der Waals surface area contributed by atoms with E-state index in [2.05, 4.69) is 9.97 Å². The molecule has 0 atom stereocenters. The Kier molecular flexibility index (Phi) is 1.82. The van der Waals surface area contributed by atoms with Crippen LogP contribution in [0.15, 0.2) is 4.79 Å². The van der Waals surface area contributed by atoms with Crippen LogP contribution < -0.4 is 11.3 Å². The Morgan fingerprint density at radius 1 is 1.58 bits per heavy atom.